The molecular formula is C27H41BrO5. The summed E-state index contributed by atoms with van der Waals surface area (Å²) in [5, 5.41) is 11.4. The van der Waals surface area contributed by atoms with E-state index in [1.165, 1.54) is 5.57 Å². The molecule has 0 spiro atoms. The van der Waals surface area contributed by atoms with E-state index in [4.69, 9.17) is 9.47 Å². The van der Waals surface area contributed by atoms with E-state index >= 15 is 0 Å². The molecule has 0 aromatic heterocycles. The minimum absolute atomic E-state index is 0.0926. The molecule has 0 aromatic carbocycles. The van der Waals surface area contributed by atoms with Crippen LogP contribution in [0.4, 0.5) is 0 Å². The first-order chi connectivity index (χ1) is 15.7. The summed E-state index contributed by atoms with van der Waals surface area (Å²) in [5.41, 5.74) is 1.40. The summed E-state index contributed by atoms with van der Waals surface area (Å²) in [6.07, 6.45) is 11.7. The predicted octanol–water partition coefficient (Wildman–Crippen LogP) is 5.37. The van der Waals surface area contributed by atoms with Crippen LogP contribution in [-0.2, 0) is 19.1 Å². The van der Waals surface area contributed by atoms with Crippen molar-refractivity contribution < 1.29 is 24.2 Å². The van der Waals surface area contributed by atoms with Crippen LogP contribution in [0.15, 0.2) is 11.6 Å². The molecule has 0 saturated heterocycles. The minimum Gasteiger partial charge on any atom is -0.461 e. The number of alkyl halides is 1. The highest BCUT2D eigenvalue weighted by Crippen LogP contribution is 2.66. The molecule has 9 atom stereocenters. The van der Waals surface area contributed by atoms with Gasteiger partial charge in [-0.05, 0) is 74.5 Å². The fourth-order valence-corrected chi connectivity index (χ4v) is 8.81. The minimum atomic E-state index is -0.450. The van der Waals surface area contributed by atoms with Gasteiger partial charge in [0.25, 0.3) is 0 Å². The van der Waals surface area contributed by atoms with Crippen molar-refractivity contribution in [3.05, 3.63) is 11.6 Å². The first-order valence-electron chi connectivity index (χ1n) is 13.0. The quantitative estimate of drug-likeness (QED) is 0.152. The predicted molar refractivity (Wildman–Crippen MR) is 131 cm³/mol. The van der Waals surface area contributed by atoms with Gasteiger partial charge in [0.2, 0.25) is 0 Å². The molecule has 4 unspecified atom stereocenters. The van der Waals surface area contributed by atoms with E-state index < -0.39 is 6.10 Å². The lowest BCUT2D eigenvalue weighted by Crippen LogP contribution is -2.55. The van der Waals surface area contributed by atoms with Crippen LogP contribution in [0.25, 0.3) is 0 Å². The summed E-state index contributed by atoms with van der Waals surface area (Å²) in [6.45, 7) is 7.26. The number of carbonyl (C=O) groups excluding carboxylic acids is 2. The van der Waals surface area contributed by atoms with E-state index in [0.717, 1.165) is 57.7 Å². The number of hydrogen-bond acceptors (Lipinski definition) is 5. The zero-order valence-corrected chi connectivity index (χ0v) is 22.0. The molecule has 4 aliphatic rings. The number of aliphatic hydroxyl groups is 1. The lowest BCUT2D eigenvalue weighted by atomic mass is 9.47. The Bertz CT molecular complexity index is 768. The molecule has 0 amide bonds. The first-order valence-corrected chi connectivity index (χ1v) is 13.9. The SMILES string of the molecule is CCC(=O)OC1[C@H](Br)CC2C3C(CC[C@@]21C)[C@@]1(C)CC[C@H](OCCCCC=O)CC1=C[C@@H]3O. The van der Waals surface area contributed by atoms with Crippen molar-refractivity contribution in [3.63, 3.8) is 0 Å². The molecule has 0 aliphatic heterocycles. The number of aldehydes is 1. The average molecular weight is 526 g/mol. The fraction of sp³-hybridized carbons (Fsp3) is 0.852. The number of ether oxygens (including phenoxy) is 2. The topological polar surface area (TPSA) is 72.8 Å². The van der Waals surface area contributed by atoms with Crippen molar-refractivity contribution in [3.8, 4) is 0 Å². The third kappa shape index (κ3) is 4.61. The largest absolute Gasteiger partial charge is 0.461 e. The Balaban J connectivity index is 1.49. The van der Waals surface area contributed by atoms with Crippen LogP contribution in [0.1, 0.15) is 85.0 Å². The molecule has 4 aliphatic carbocycles. The molecule has 1 N–H and O–H groups in total. The molecule has 5 nitrogen and oxygen atoms in total. The number of fused-ring (bicyclic) bond motifs is 5. The molecule has 0 bridgehead atoms. The molecule has 3 saturated carbocycles. The van der Waals surface area contributed by atoms with Crippen molar-refractivity contribution in [1.29, 1.82) is 0 Å². The van der Waals surface area contributed by atoms with Crippen molar-refractivity contribution >= 4 is 28.2 Å². The number of unbranched alkanes of at least 4 members (excludes halogenated alkanes) is 2. The van der Waals surface area contributed by atoms with Crippen LogP contribution < -0.4 is 0 Å². The summed E-state index contributed by atoms with van der Waals surface area (Å²) in [7, 11) is 0. The molecule has 33 heavy (non-hydrogen) atoms. The summed E-state index contributed by atoms with van der Waals surface area (Å²) < 4.78 is 12.1. The summed E-state index contributed by atoms with van der Waals surface area (Å²) >= 11 is 3.84. The molecule has 0 aromatic rings. The monoisotopic (exact) mass is 524 g/mol. The van der Waals surface area contributed by atoms with E-state index in [1.54, 1.807) is 0 Å². The fourth-order valence-electron chi connectivity index (χ4n) is 7.70. The first kappa shape index (κ1) is 25.4. The van der Waals surface area contributed by atoms with Crippen molar-refractivity contribution in [1.82, 2.24) is 0 Å². The molecule has 4 rings (SSSR count). The number of aliphatic hydroxyl groups excluding tert-OH is 1. The Hall–Kier alpha value is -0.720. The third-order valence-electron chi connectivity index (χ3n) is 9.60. The van der Waals surface area contributed by atoms with Crippen LogP contribution in [-0.4, -0.2) is 47.1 Å². The second-order valence-electron chi connectivity index (χ2n) is 11.3. The van der Waals surface area contributed by atoms with Gasteiger partial charge in [0.05, 0.1) is 17.0 Å². The molecule has 186 valence electrons. The van der Waals surface area contributed by atoms with E-state index in [1.807, 2.05) is 6.92 Å². The van der Waals surface area contributed by atoms with Gasteiger partial charge in [0, 0.05) is 24.9 Å². The van der Waals surface area contributed by atoms with Gasteiger partial charge in [-0.15, -0.1) is 0 Å². The smallest absolute Gasteiger partial charge is 0.305 e. The van der Waals surface area contributed by atoms with Gasteiger partial charge in [0.1, 0.15) is 12.4 Å². The highest BCUT2D eigenvalue weighted by molar-refractivity contribution is 9.09. The summed E-state index contributed by atoms with van der Waals surface area (Å²) in [6, 6.07) is 0. The number of rotatable bonds is 8. The Labute approximate surface area is 207 Å². The zero-order valence-electron chi connectivity index (χ0n) is 20.4. The van der Waals surface area contributed by atoms with E-state index in [-0.39, 0.29) is 39.8 Å². The Kier molecular flexibility index (Phi) is 7.77. The van der Waals surface area contributed by atoms with Crippen LogP contribution in [0.3, 0.4) is 0 Å². The van der Waals surface area contributed by atoms with Gasteiger partial charge < -0.3 is 19.4 Å². The maximum Gasteiger partial charge on any atom is 0.305 e. The standard InChI is InChI=1S/C27H41BrO5/c1-4-23(31)33-25-21(28)16-20-24-19(9-11-27(20,25)3)26(2)10-8-18(14-17(26)15-22(24)30)32-13-7-5-6-12-29/h12,15,18-22,24-25,30H,4-11,13-14,16H2,1-3H3/t18-,19?,20?,21+,22-,24?,25?,26-,27-/m0/s1. The van der Waals surface area contributed by atoms with Gasteiger partial charge in [-0.3, -0.25) is 4.79 Å². The lowest BCUT2D eigenvalue weighted by Gasteiger charge is -2.59. The second kappa shape index (κ2) is 10.1. The lowest BCUT2D eigenvalue weighted by molar-refractivity contribution is -0.161. The van der Waals surface area contributed by atoms with Gasteiger partial charge in [-0.1, -0.05) is 48.4 Å². The maximum atomic E-state index is 12.1. The Morgan fingerprint density at radius 3 is 2.76 bits per heavy atom. The highest BCUT2D eigenvalue weighted by Gasteiger charge is 2.63. The molecule has 3 fully saturated rings. The zero-order chi connectivity index (χ0) is 23.8. The molecule has 0 radical (unpaired) electrons. The number of hydrogen-bond donors (Lipinski definition) is 1. The average Bonchev–Trinajstić information content (AvgIpc) is 3.04. The van der Waals surface area contributed by atoms with Gasteiger partial charge >= 0.3 is 5.97 Å². The molecular weight excluding hydrogens is 484 g/mol. The molecule has 6 heteroatoms. The summed E-state index contributed by atoms with van der Waals surface area (Å²) in [5.74, 6) is 0.881. The van der Waals surface area contributed by atoms with Gasteiger partial charge in [-0.25, -0.2) is 0 Å². The van der Waals surface area contributed by atoms with Crippen LogP contribution in [0, 0.1) is 28.6 Å². The van der Waals surface area contributed by atoms with E-state index in [2.05, 4.69) is 35.9 Å². The number of carbonyl (C=O) groups is 2. The van der Waals surface area contributed by atoms with Crippen molar-refractivity contribution in [2.24, 2.45) is 28.6 Å². The number of halogens is 1. The summed E-state index contributed by atoms with van der Waals surface area (Å²) in [4.78, 5) is 22.8. The van der Waals surface area contributed by atoms with Gasteiger partial charge in [-0.2, -0.15) is 0 Å². The van der Waals surface area contributed by atoms with E-state index in [9.17, 15) is 14.7 Å². The normalized spacial score (nSPS) is 44.3. The Morgan fingerprint density at radius 1 is 1.24 bits per heavy atom. The van der Waals surface area contributed by atoms with Crippen LogP contribution in [0.5, 0.6) is 0 Å². The van der Waals surface area contributed by atoms with E-state index in [0.29, 0.717) is 31.3 Å². The maximum absolute atomic E-state index is 12.1. The molecule has 0 heterocycles. The third-order valence-corrected chi connectivity index (χ3v) is 10.5. The van der Waals surface area contributed by atoms with Crippen molar-refractivity contribution in [2.75, 3.05) is 6.61 Å². The highest BCUT2D eigenvalue weighted by atomic mass is 79.9. The van der Waals surface area contributed by atoms with Crippen LogP contribution >= 0.6 is 15.9 Å². The second-order valence-corrected chi connectivity index (χ2v) is 12.5. The van der Waals surface area contributed by atoms with Gasteiger partial charge in [0.15, 0.2) is 0 Å². The van der Waals surface area contributed by atoms with Crippen LogP contribution in [0.2, 0.25) is 0 Å². The van der Waals surface area contributed by atoms with Crippen molar-refractivity contribution in [2.45, 2.75) is 108 Å². The Morgan fingerprint density at radius 2 is 2.03 bits per heavy atom. The number of esters is 1.